The summed E-state index contributed by atoms with van der Waals surface area (Å²) in [5.41, 5.74) is 0.827. The van der Waals surface area contributed by atoms with Crippen LogP contribution < -0.4 is 10.6 Å². The van der Waals surface area contributed by atoms with Gasteiger partial charge in [0.1, 0.15) is 0 Å². The van der Waals surface area contributed by atoms with Gasteiger partial charge in [0, 0.05) is 26.0 Å². The Hall–Kier alpha value is -1.62. The molecule has 20 heavy (non-hydrogen) atoms. The first-order chi connectivity index (χ1) is 9.43. The lowest BCUT2D eigenvalue weighted by Crippen LogP contribution is -2.48. The summed E-state index contributed by atoms with van der Waals surface area (Å²) >= 11 is 0. The summed E-state index contributed by atoms with van der Waals surface area (Å²) in [7, 11) is 1.67. The average molecular weight is 279 g/mol. The van der Waals surface area contributed by atoms with Crippen molar-refractivity contribution in [3.63, 3.8) is 0 Å². The Morgan fingerprint density at radius 2 is 2.15 bits per heavy atom. The predicted octanol–water partition coefficient (Wildman–Crippen LogP) is 2.33. The minimum atomic E-state index is -0.174. The number of nitrogens with one attached hydrogen (secondary N) is 2. The van der Waals surface area contributed by atoms with Crippen LogP contribution in [-0.2, 0) is 11.3 Å². The molecule has 1 atom stereocenters. The molecule has 5 heteroatoms. The summed E-state index contributed by atoms with van der Waals surface area (Å²) < 4.78 is 5.10. The van der Waals surface area contributed by atoms with Gasteiger partial charge in [0.15, 0.2) is 0 Å². The first-order valence-electron chi connectivity index (χ1n) is 6.86. The number of urea groups is 1. The van der Waals surface area contributed by atoms with Crippen LogP contribution in [0.4, 0.5) is 4.79 Å². The fourth-order valence-corrected chi connectivity index (χ4v) is 1.84. The molecule has 1 heterocycles. The second-order valence-electron chi connectivity index (χ2n) is 5.85. The average Bonchev–Trinajstić information content (AvgIpc) is 2.41. The Morgan fingerprint density at radius 1 is 1.40 bits per heavy atom. The Kier molecular flexibility index (Phi) is 6.45. The maximum atomic E-state index is 11.9. The first-order valence-corrected chi connectivity index (χ1v) is 6.86. The summed E-state index contributed by atoms with van der Waals surface area (Å²) in [6, 6.07) is 5.52. The number of aromatic nitrogens is 1. The lowest BCUT2D eigenvalue weighted by atomic mass is 9.85. The van der Waals surface area contributed by atoms with E-state index in [1.54, 1.807) is 13.3 Å². The Balaban J connectivity index is 2.45. The number of carbonyl (C=O) groups excluding carboxylic acids is 1. The molecule has 0 saturated carbocycles. The van der Waals surface area contributed by atoms with Crippen molar-refractivity contribution in [3.05, 3.63) is 30.1 Å². The van der Waals surface area contributed by atoms with Crippen molar-refractivity contribution in [2.75, 3.05) is 13.7 Å². The number of nitrogens with zero attached hydrogens (tertiary/aromatic N) is 1. The van der Waals surface area contributed by atoms with Gasteiger partial charge in [-0.2, -0.15) is 0 Å². The van der Waals surface area contributed by atoms with Crippen molar-refractivity contribution in [1.82, 2.24) is 15.6 Å². The van der Waals surface area contributed by atoms with E-state index in [9.17, 15) is 4.79 Å². The molecule has 0 aliphatic rings. The maximum Gasteiger partial charge on any atom is 0.315 e. The molecule has 0 fully saturated rings. The van der Waals surface area contributed by atoms with Gasteiger partial charge in [0.25, 0.3) is 0 Å². The van der Waals surface area contributed by atoms with Gasteiger partial charge < -0.3 is 15.4 Å². The number of hydrogen-bond acceptors (Lipinski definition) is 3. The summed E-state index contributed by atoms with van der Waals surface area (Å²) in [6.45, 7) is 7.36. The van der Waals surface area contributed by atoms with E-state index in [0.717, 1.165) is 12.1 Å². The molecule has 0 radical (unpaired) electrons. The van der Waals surface area contributed by atoms with Gasteiger partial charge in [0.2, 0.25) is 0 Å². The minimum Gasteiger partial charge on any atom is -0.385 e. The Labute approximate surface area is 121 Å². The molecule has 1 rings (SSSR count). The fraction of sp³-hybridized carbons (Fsp3) is 0.600. The number of ether oxygens (including phenoxy) is 1. The quantitative estimate of drug-likeness (QED) is 0.840. The number of pyridine rings is 1. The van der Waals surface area contributed by atoms with Gasteiger partial charge in [-0.25, -0.2) is 4.79 Å². The monoisotopic (exact) mass is 279 g/mol. The van der Waals surface area contributed by atoms with Crippen molar-refractivity contribution in [1.29, 1.82) is 0 Å². The van der Waals surface area contributed by atoms with E-state index in [4.69, 9.17) is 4.74 Å². The number of carbonyl (C=O) groups is 1. The number of amides is 2. The molecule has 2 N–H and O–H groups in total. The van der Waals surface area contributed by atoms with E-state index in [0.29, 0.717) is 13.2 Å². The summed E-state index contributed by atoms with van der Waals surface area (Å²) in [4.78, 5) is 16.1. The Morgan fingerprint density at radius 3 is 2.70 bits per heavy atom. The van der Waals surface area contributed by atoms with E-state index >= 15 is 0 Å². The number of rotatable bonds is 6. The molecular weight excluding hydrogens is 254 g/mol. The summed E-state index contributed by atoms with van der Waals surface area (Å²) in [5, 5.41) is 5.83. The van der Waals surface area contributed by atoms with Gasteiger partial charge in [-0.05, 0) is 24.0 Å². The molecule has 1 aromatic heterocycles. The zero-order chi connectivity index (χ0) is 15.0. The lowest BCUT2D eigenvalue weighted by molar-refractivity contribution is 0.153. The van der Waals surface area contributed by atoms with Crippen LogP contribution in [0.25, 0.3) is 0 Å². The van der Waals surface area contributed by atoms with Crippen molar-refractivity contribution in [2.45, 2.75) is 39.8 Å². The third kappa shape index (κ3) is 6.02. The number of hydrogen-bond donors (Lipinski definition) is 2. The van der Waals surface area contributed by atoms with E-state index in [-0.39, 0.29) is 17.5 Å². The van der Waals surface area contributed by atoms with Gasteiger partial charge in [0.05, 0.1) is 12.2 Å². The summed E-state index contributed by atoms with van der Waals surface area (Å²) in [5.74, 6) is 0. The molecule has 2 amide bonds. The zero-order valence-corrected chi connectivity index (χ0v) is 12.8. The highest BCUT2D eigenvalue weighted by molar-refractivity contribution is 5.74. The molecule has 0 saturated heterocycles. The van der Waals surface area contributed by atoms with Crippen LogP contribution >= 0.6 is 0 Å². The summed E-state index contributed by atoms with van der Waals surface area (Å²) in [6.07, 6.45) is 2.50. The molecule has 0 aromatic carbocycles. The van der Waals surface area contributed by atoms with Gasteiger partial charge in [-0.15, -0.1) is 0 Å². The predicted molar refractivity (Wildman–Crippen MR) is 79.3 cm³/mol. The van der Waals surface area contributed by atoms with Crippen molar-refractivity contribution < 1.29 is 9.53 Å². The second-order valence-corrected chi connectivity index (χ2v) is 5.85. The molecule has 0 unspecified atom stereocenters. The smallest absolute Gasteiger partial charge is 0.315 e. The first kappa shape index (κ1) is 16.4. The highest BCUT2D eigenvalue weighted by atomic mass is 16.5. The molecule has 0 spiro atoms. The van der Waals surface area contributed by atoms with Crippen LogP contribution in [0.15, 0.2) is 24.4 Å². The van der Waals surface area contributed by atoms with Gasteiger partial charge >= 0.3 is 6.03 Å². The van der Waals surface area contributed by atoms with E-state index in [1.807, 2.05) is 18.2 Å². The van der Waals surface area contributed by atoms with Crippen molar-refractivity contribution >= 4 is 6.03 Å². The van der Waals surface area contributed by atoms with Crippen molar-refractivity contribution in [3.8, 4) is 0 Å². The van der Waals surface area contributed by atoms with Crippen LogP contribution in [0.2, 0.25) is 0 Å². The number of methoxy groups -OCH3 is 1. The molecule has 1 aromatic rings. The Bertz CT molecular complexity index is 401. The fourth-order valence-electron chi connectivity index (χ4n) is 1.84. The second kappa shape index (κ2) is 7.85. The molecule has 0 aliphatic heterocycles. The van der Waals surface area contributed by atoms with Crippen molar-refractivity contribution in [2.24, 2.45) is 5.41 Å². The SMILES string of the molecule is COCC[C@H](NC(=O)NCc1ccccn1)C(C)(C)C. The molecule has 5 nitrogen and oxygen atoms in total. The molecular formula is C15H25N3O2. The largest absolute Gasteiger partial charge is 0.385 e. The highest BCUT2D eigenvalue weighted by Crippen LogP contribution is 2.21. The topological polar surface area (TPSA) is 63.2 Å². The maximum absolute atomic E-state index is 11.9. The van der Waals surface area contributed by atoms with Crippen LogP contribution in [0.3, 0.4) is 0 Å². The van der Waals surface area contributed by atoms with Crippen LogP contribution in [0.5, 0.6) is 0 Å². The van der Waals surface area contributed by atoms with Crippen LogP contribution in [0, 0.1) is 5.41 Å². The zero-order valence-electron chi connectivity index (χ0n) is 12.8. The van der Waals surface area contributed by atoms with E-state index in [1.165, 1.54) is 0 Å². The highest BCUT2D eigenvalue weighted by Gasteiger charge is 2.25. The lowest BCUT2D eigenvalue weighted by Gasteiger charge is -2.31. The van der Waals surface area contributed by atoms with Crippen LogP contribution in [-0.4, -0.2) is 30.8 Å². The standard InChI is InChI=1S/C15H25N3O2/c1-15(2,3)13(8-10-20-4)18-14(19)17-11-12-7-5-6-9-16-12/h5-7,9,13H,8,10-11H2,1-4H3,(H2,17,18,19)/t13-/m0/s1. The van der Waals surface area contributed by atoms with E-state index < -0.39 is 0 Å². The third-order valence-corrected chi connectivity index (χ3v) is 3.12. The minimum absolute atomic E-state index is 0.0130. The van der Waals surface area contributed by atoms with Crippen LogP contribution in [0.1, 0.15) is 32.9 Å². The normalized spacial score (nSPS) is 12.8. The van der Waals surface area contributed by atoms with Gasteiger partial charge in [-0.1, -0.05) is 26.8 Å². The molecule has 0 bridgehead atoms. The third-order valence-electron chi connectivity index (χ3n) is 3.12. The molecule has 112 valence electrons. The van der Waals surface area contributed by atoms with E-state index in [2.05, 4.69) is 36.4 Å². The van der Waals surface area contributed by atoms with Gasteiger partial charge in [-0.3, -0.25) is 4.98 Å². The molecule has 0 aliphatic carbocycles.